The third-order valence-electron chi connectivity index (χ3n) is 4.68. The summed E-state index contributed by atoms with van der Waals surface area (Å²) in [6.45, 7) is 8.35. The number of aromatic hydroxyl groups is 1. The molecule has 4 nitrogen and oxygen atoms in total. The number of hydrogen-bond donors (Lipinski definition) is 1. The van der Waals surface area contributed by atoms with Gasteiger partial charge >= 0.3 is 0 Å². The Morgan fingerprint density at radius 3 is 2.36 bits per heavy atom. The first-order valence-corrected chi connectivity index (χ1v) is 8.71. The van der Waals surface area contributed by atoms with E-state index < -0.39 is 0 Å². The summed E-state index contributed by atoms with van der Waals surface area (Å²) in [7, 11) is 0. The number of phenols is 1. The Labute approximate surface area is 148 Å². The van der Waals surface area contributed by atoms with Gasteiger partial charge in [-0.25, -0.2) is 0 Å². The highest BCUT2D eigenvalue weighted by molar-refractivity contribution is 6.09. The molecule has 1 N–H and O–H groups in total. The van der Waals surface area contributed by atoms with Gasteiger partial charge in [0.1, 0.15) is 5.75 Å². The number of fused-ring (bicyclic) bond motifs is 1. The smallest absolute Gasteiger partial charge is 0.162 e. The van der Waals surface area contributed by atoms with E-state index in [1.807, 2.05) is 36.4 Å². The molecule has 0 aliphatic heterocycles. The molecule has 0 unspecified atom stereocenters. The van der Waals surface area contributed by atoms with Gasteiger partial charge in [-0.2, -0.15) is 0 Å². The second-order valence-electron chi connectivity index (χ2n) is 6.21. The number of carbonyl (C=O) groups excluding carboxylic acids is 1. The van der Waals surface area contributed by atoms with Crippen LogP contribution in [0.15, 0.2) is 48.5 Å². The molecule has 0 saturated heterocycles. The van der Waals surface area contributed by atoms with E-state index >= 15 is 0 Å². The van der Waals surface area contributed by atoms with Gasteiger partial charge in [-0.15, -0.1) is 0 Å². The lowest BCUT2D eigenvalue weighted by molar-refractivity contribution is 0.101. The first-order valence-electron chi connectivity index (χ1n) is 8.71. The van der Waals surface area contributed by atoms with E-state index in [2.05, 4.69) is 23.3 Å². The summed E-state index contributed by atoms with van der Waals surface area (Å²) in [4.78, 5) is 14.8. The molecule has 3 aromatic rings. The predicted octanol–water partition coefficient (Wildman–Crippen LogP) is 4.38. The molecular formula is C21H24N2O2. The zero-order valence-corrected chi connectivity index (χ0v) is 15.0. The first kappa shape index (κ1) is 17.2. The molecular weight excluding hydrogens is 312 g/mol. The second kappa shape index (κ2) is 7.11. The summed E-state index contributed by atoms with van der Waals surface area (Å²) in [5, 5.41) is 10.8. The zero-order valence-electron chi connectivity index (χ0n) is 15.0. The molecule has 0 fully saturated rings. The molecule has 0 amide bonds. The van der Waals surface area contributed by atoms with Crippen LogP contribution >= 0.6 is 0 Å². The fraction of sp³-hybridized carbons (Fsp3) is 0.286. The van der Waals surface area contributed by atoms with E-state index in [-0.39, 0.29) is 11.5 Å². The van der Waals surface area contributed by atoms with E-state index in [9.17, 15) is 9.90 Å². The molecule has 0 spiro atoms. The minimum Gasteiger partial charge on any atom is -0.508 e. The Hall–Kier alpha value is -2.59. The van der Waals surface area contributed by atoms with Gasteiger partial charge in [-0.1, -0.05) is 32.0 Å². The van der Waals surface area contributed by atoms with Crippen LogP contribution in [0.25, 0.3) is 16.6 Å². The third-order valence-corrected chi connectivity index (χ3v) is 4.68. The van der Waals surface area contributed by atoms with Gasteiger partial charge in [-0.3, -0.25) is 9.69 Å². The van der Waals surface area contributed by atoms with Gasteiger partial charge in [-0.05, 0) is 50.3 Å². The summed E-state index contributed by atoms with van der Waals surface area (Å²) in [6, 6.07) is 15.3. The van der Waals surface area contributed by atoms with Crippen molar-refractivity contribution in [3.63, 3.8) is 0 Å². The average molecular weight is 336 g/mol. The van der Waals surface area contributed by atoms with Gasteiger partial charge in [0.25, 0.3) is 0 Å². The second-order valence-corrected chi connectivity index (χ2v) is 6.21. The van der Waals surface area contributed by atoms with Gasteiger partial charge in [0.15, 0.2) is 5.78 Å². The number of rotatable bonds is 6. The Morgan fingerprint density at radius 2 is 1.76 bits per heavy atom. The number of Topliss-reactive ketones (excluding diaryl/α,β-unsaturated/α-hetero) is 1. The molecule has 1 aromatic heterocycles. The van der Waals surface area contributed by atoms with Crippen molar-refractivity contribution in [1.82, 2.24) is 9.47 Å². The molecule has 0 aliphatic carbocycles. The molecule has 4 heteroatoms. The van der Waals surface area contributed by atoms with Crippen molar-refractivity contribution < 1.29 is 9.90 Å². The van der Waals surface area contributed by atoms with E-state index in [4.69, 9.17) is 0 Å². The molecule has 0 aliphatic rings. The van der Waals surface area contributed by atoms with Crippen LogP contribution < -0.4 is 0 Å². The highest BCUT2D eigenvalue weighted by Crippen LogP contribution is 2.33. The van der Waals surface area contributed by atoms with Crippen molar-refractivity contribution in [2.75, 3.05) is 13.1 Å². The van der Waals surface area contributed by atoms with Crippen LogP contribution in [0.4, 0.5) is 0 Å². The van der Waals surface area contributed by atoms with Gasteiger partial charge in [0.2, 0.25) is 0 Å². The first-order chi connectivity index (χ1) is 12.1. The van der Waals surface area contributed by atoms with E-state index in [0.29, 0.717) is 12.1 Å². The molecule has 0 bridgehead atoms. The van der Waals surface area contributed by atoms with Gasteiger partial charge < -0.3 is 9.67 Å². The summed E-state index contributed by atoms with van der Waals surface area (Å²) < 4.78 is 2.14. The van der Waals surface area contributed by atoms with E-state index in [0.717, 1.165) is 35.4 Å². The number of nitrogens with zero attached hydrogens (tertiary/aromatic N) is 2. The van der Waals surface area contributed by atoms with Crippen molar-refractivity contribution in [2.24, 2.45) is 0 Å². The monoisotopic (exact) mass is 336 g/mol. The molecule has 2 aromatic carbocycles. The number of carbonyl (C=O) groups is 1. The molecule has 1 heterocycles. The number of hydrogen-bond acceptors (Lipinski definition) is 3. The maximum Gasteiger partial charge on any atom is 0.162 e. The van der Waals surface area contributed by atoms with Crippen LogP contribution in [0.1, 0.15) is 36.8 Å². The van der Waals surface area contributed by atoms with Crippen molar-refractivity contribution in [1.29, 1.82) is 0 Å². The molecule has 130 valence electrons. The average Bonchev–Trinajstić information content (AvgIpc) is 2.93. The Balaban J connectivity index is 2.36. The fourth-order valence-corrected chi connectivity index (χ4v) is 3.41. The van der Waals surface area contributed by atoms with Crippen LogP contribution in [0.5, 0.6) is 5.75 Å². The Bertz CT molecular complexity index is 893. The fourth-order valence-electron chi connectivity index (χ4n) is 3.41. The maximum absolute atomic E-state index is 12.5. The van der Waals surface area contributed by atoms with Crippen molar-refractivity contribution in [2.45, 2.75) is 27.3 Å². The van der Waals surface area contributed by atoms with Crippen molar-refractivity contribution >= 4 is 16.7 Å². The lowest BCUT2D eigenvalue weighted by atomic mass is 10.1. The van der Waals surface area contributed by atoms with Crippen molar-refractivity contribution in [3.8, 4) is 11.4 Å². The standard InChI is InChI=1S/C21H24N2O2/c1-4-22(5-2)14-20-21(15(3)24)18-13-17(25)11-12-19(18)23(20)16-9-7-6-8-10-16/h6-13,25H,4-5,14H2,1-3H3. The number of aromatic nitrogens is 1. The van der Waals surface area contributed by atoms with Crippen LogP contribution in [-0.4, -0.2) is 33.4 Å². The minimum absolute atomic E-state index is 0.0208. The maximum atomic E-state index is 12.5. The lowest BCUT2D eigenvalue weighted by Gasteiger charge is -2.21. The van der Waals surface area contributed by atoms with Gasteiger partial charge in [0, 0.05) is 28.9 Å². The zero-order chi connectivity index (χ0) is 18.0. The summed E-state index contributed by atoms with van der Waals surface area (Å²) >= 11 is 0. The van der Waals surface area contributed by atoms with Gasteiger partial charge in [0.05, 0.1) is 5.52 Å². The highest BCUT2D eigenvalue weighted by Gasteiger charge is 2.22. The summed E-state index contributed by atoms with van der Waals surface area (Å²) in [5.41, 5.74) is 3.63. The van der Waals surface area contributed by atoms with E-state index in [1.54, 1.807) is 19.1 Å². The number of para-hydroxylation sites is 1. The van der Waals surface area contributed by atoms with Crippen molar-refractivity contribution in [3.05, 3.63) is 59.8 Å². The molecule has 25 heavy (non-hydrogen) atoms. The summed E-state index contributed by atoms with van der Waals surface area (Å²) in [5.74, 6) is 0.196. The number of phenolic OH excluding ortho intramolecular Hbond substituents is 1. The summed E-state index contributed by atoms with van der Waals surface area (Å²) in [6.07, 6.45) is 0. The Morgan fingerprint density at radius 1 is 1.08 bits per heavy atom. The number of ketones is 1. The minimum atomic E-state index is 0.0208. The quantitative estimate of drug-likeness (QED) is 0.680. The van der Waals surface area contributed by atoms with Crippen LogP contribution in [0.2, 0.25) is 0 Å². The van der Waals surface area contributed by atoms with Crippen LogP contribution in [-0.2, 0) is 6.54 Å². The van der Waals surface area contributed by atoms with Crippen LogP contribution in [0.3, 0.4) is 0 Å². The molecule has 0 radical (unpaired) electrons. The molecule has 0 saturated carbocycles. The third kappa shape index (κ3) is 3.17. The van der Waals surface area contributed by atoms with Crippen LogP contribution in [0, 0.1) is 0 Å². The normalized spacial score (nSPS) is 11.4. The number of benzene rings is 2. The Kier molecular flexibility index (Phi) is 4.91. The molecule has 0 atom stereocenters. The highest BCUT2D eigenvalue weighted by atomic mass is 16.3. The van der Waals surface area contributed by atoms with E-state index in [1.165, 1.54) is 0 Å². The lowest BCUT2D eigenvalue weighted by Crippen LogP contribution is -2.24. The molecule has 3 rings (SSSR count). The topological polar surface area (TPSA) is 45.5 Å². The SMILES string of the molecule is CCN(CC)Cc1c(C(C)=O)c2cc(O)ccc2n1-c1ccccc1. The largest absolute Gasteiger partial charge is 0.508 e. The predicted molar refractivity (Wildman–Crippen MR) is 102 cm³/mol.